The van der Waals surface area contributed by atoms with E-state index in [2.05, 4.69) is 4.98 Å². The molecule has 2 aromatic carbocycles. The van der Waals surface area contributed by atoms with Gasteiger partial charge in [0.25, 0.3) is 0 Å². The molecule has 22 heavy (non-hydrogen) atoms. The van der Waals surface area contributed by atoms with Crippen LogP contribution in [-0.4, -0.2) is 17.6 Å². The molecule has 3 nitrogen and oxygen atoms in total. The fraction of sp³-hybridized carbons (Fsp3) is 0.105. The van der Waals surface area contributed by atoms with Crippen LogP contribution >= 0.6 is 0 Å². The molecule has 0 saturated carbocycles. The minimum Gasteiger partial charge on any atom is -0.461 e. The van der Waals surface area contributed by atoms with Crippen LogP contribution in [-0.2, 0) is 4.74 Å². The van der Waals surface area contributed by atoms with E-state index < -0.39 is 0 Å². The molecule has 0 atom stereocenters. The Morgan fingerprint density at radius 3 is 2.14 bits per heavy atom. The summed E-state index contributed by atoms with van der Waals surface area (Å²) in [5, 5.41) is 0. The van der Waals surface area contributed by atoms with E-state index in [0.29, 0.717) is 12.3 Å². The van der Waals surface area contributed by atoms with E-state index in [-0.39, 0.29) is 5.97 Å². The van der Waals surface area contributed by atoms with Crippen LogP contribution in [0.3, 0.4) is 0 Å². The number of aromatic nitrogens is 1. The summed E-state index contributed by atoms with van der Waals surface area (Å²) in [5.41, 5.74) is 4.49. The lowest BCUT2D eigenvalue weighted by Gasteiger charge is -2.04. The summed E-state index contributed by atoms with van der Waals surface area (Å²) < 4.78 is 5.10. The van der Waals surface area contributed by atoms with Gasteiger partial charge in [0.05, 0.1) is 12.3 Å². The first kappa shape index (κ1) is 14.1. The Bertz CT molecular complexity index is 704. The Morgan fingerprint density at radius 2 is 1.55 bits per heavy atom. The molecule has 1 heterocycles. The molecule has 0 radical (unpaired) electrons. The van der Waals surface area contributed by atoms with Gasteiger partial charge in [0.2, 0.25) is 0 Å². The second kappa shape index (κ2) is 6.31. The minimum atomic E-state index is -0.332. The topological polar surface area (TPSA) is 42.1 Å². The van der Waals surface area contributed by atoms with Crippen LogP contribution < -0.4 is 0 Å². The summed E-state index contributed by atoms with van der Waals surface area (Å²) in [6.45, 7) is 2.16. The van der Waals surface area contributed by atoms with Crippen LogP contribution in [0.5, 0.6) is 0 Å². The first-order chi connectivity index (χ1) is 10.8. The number of H-pyrrole nitrogens is 1. The molecule has 1 N–H and O–H groups in total. The van der Waals surface area contributed by atoms with E-state index in [1.807, 2.05) is 66.7 Å². The number of hydrogen-bond donors (Lipinski definition) is 1. The van der Waals surface area contributed by atoms with Gasteiger partial charge in [-0.25, -0.2) is 4.79 Å². The molecule has 0 aliphatic rings. The molecule has 110 valence electrons. The molecule has 3 rings (SSSR count). The predicted octanol–water partition coefficient (Wildman–Crippen LogP) is 4.53. The normalized spacial score (nSPS) is 10.4. The third kappa shape index (κ3) is 2.79. The second-order valence-electron chi connectivity index (χ2n) is 4.92. The number of ether oxygens (including phenoxy) is 1. The van der Waals surface area contributed by atoms with Gasteiger partial charge in [0.1, 0.15) is 5.69 Å². The van der Waals surface area contributed by atoms with Crippen LogP contribution in [0.4, 0.5) is 0 Å². The molecular weight excluding hydrogens is 274 g/mol. The zero-order chi connectivity index (χ0) is 15.4. The molecule has 0 spiro atoms. The van der Waals surface area contributed by atoms with E-state index in [0.717, 1.165) is 22.4 Å². The fourth-order valence-electron chi connectivity index (χ4n) is 2.45. The van der Waals surface area contributed by atoms with E-state index in [4.69, 9.17) is 4.74 Å². The second-order valence-corrected chi connectivity index (χ2v) is 4.92. The summed E-state index contributed by atoms with van der Waals surface area (Å²) in [6, 6.07) is 21.9. The van der Waals surface area contributed by atoms with Crippen molar-refractivity contribution in [1.82, 2.24) is 4.98 Å². The van der Waals surface area contributed by atoms with Crippen molar-refractivity contribution in [2.75, 3.05) is 6.61 Å². The Labute approximate surface area is 129 Å². The van der Waals surface area contributed by atoms with Crippen LogP contribution in [0.15, 0.2) is 66.7 Å². The summed E-state index contributed by atoms with van der Waals surface area (Å²) >= 11 is 0. The van der Waals surface area contributed by atoms with Crippen LogP contribution in [0.1, 0.15) is 17.4 Å². The van der Waals surface area contributed by atoms with Gasteiger partial charge in [-0.3, -0.25) is 0 Å². The average Bonchev–Trinajstić information content (AvgIpc) is 3.02. The molecule has 0 aliphatic carbocycles. The van der Waals surface area contributed by atoms with Crippen molar-refractivity contribution in [2.45, 2.75) is 6.92 Å². The standard InChI is InChI=1S/C19H17NO2/c1-2-22-19(21)17-13-16(14-9-5-3-6-10-14)18(20-17)15-11-7-4-8-12-15/h3-13,20H,2H2,1H3. The Morgan fingerprint density at radius 1 is 0.955 bits per heavy atom. The van der Waals surface area contributed by atoms with Gasteiger partial charge in [-0.15, -0.1) is 0 Å². The molecule has 0 aliphatic heterocycles. The lowest BCUT2D eigenvalue weighted by molar-refractivity contribution is 0.0520. The van der Waals surface area contributed by atoms with Crippen LogP contribution in [0, 0.1) is 0 Å². The maximum atomic E-state index is 12.0. The highest BCUT2D eigenvalue weighted by atomic mass is 16.5. The molecule has 0 fully saturated rings. The number of carbonyl (C=O) groups is 1. The third-order valence-electron chi connectivity index (χ3n) is 3.46. The van der Waals surface area contributed by atoms with Crippen molar-refractivity contribution in [2.24, 2.45) is 0 Å². The average molecular weight is 291 g/mol. The highest BCUT2D eigenvalue weighted by Crippen LogP contribution is 2.32. The first-order valence-corrected chi connectivity index (χ1v) is 7.30. The minimum absolute atomic E-state index is 0.332. The Hall–Kier alpha value is -2.81. The maximum absolute atomic E-state index is 12.0. The summed E-state index contributed by atoms with van der Waals surface area (Å²) in [5.74, 6) is -0.332. The number of hydrogen-bond acceptors (Lipinski definition) is 2. The van der Waals surface area contributed by atoms with Crippen molar-refractivity contribution in [3.05, 3.63) is 72.4 Å². The van der Waals surface area contributed by atoms with Crippen molar-refractivity contribution >= 4 is 5.97 Å². The summed E-state index contributed by atoms with van der Waals surface area (Å²) in [7, 11) is 0. The molecule has 1 aromatic heterocycles. The number of carbonyl (C=O) groups excluding carboxylic acids is 1. The number of benzene rings is 2. The van der Waals surface area contributed by atoms with E-state index >= 15 is 0 Å². The number of esters is 1. The lowest BCUT2D eigenvalue weighted by Crippen LogP contribution is -2.04. The Balaban J connectivity index is 2.12. The van der Waals surface area contributed by atoms with Crippen molar-refractivity contribution < 1.29 is 9.53 Å². The quantitative estimate of drug-likeness (QED) is 0.718. The smallest absolute Gasteiger partial charge is 0.354 e. The van der Waals surface area contributed by atoms with Gasteiger partial charge in [-0.05, 0) is 24.1 Å². The molecule has 0 unspecified atom stereocenters. The van der Waals surface area contributed by atoms with E-state index in [1.165, 1.54) is 0 Å². The zero-order valence-electron chi connectivity index (χ0n) is 12.4. The summed E-state index contributed by atoms with van der Waals surface area (Å²) in [6.07, 6.45) is 0. The number of rotatable bonds is 4. The largest absolute Gasteiger partial charge is 0.461 e. The van der Waals surface area contributed by atoms with Gasteiger partial charge >= 0.3 is 5.97 Å². The van der Waals surface area contributed by atoms with Gasteiger partial charge in [-0.2, -0.15) is 0 Å². The maximum Gasteiger partial charge on any atom is 0.354 e. The molecule has 3 aromatic rings. The first-order valence-electron chi connectivity index (χ1n) is 7.30. The van der Waals surface area contributed by atoms with Crippen LogP contribution in [0.25, 0.3) is 22.4 Å². The number of nitrogens with one attached hydrogen (secondary N) is 1. The van der Waals surface area contributed by atoms with Crippen molar-refractivity contribution in [1.29, 1.82) is 0 Å². The highest BCUT2D eigenvalue weighted by Gasteiger charge is 2.16. The van der Waals surface area contributed by atoms with E-state index in [1.54, 1.807) is 6.92 Å². The van der Waals surface area contributed by atoms with Gasteiger partial charge in [0, 0.05) is 5.56 Å². The highest BCUT2D eigenvalue weighted by molar-refractivity contribution is 5.93. The molecular formula is C19H17NO2. The van der Waals surface area contributed by atoms with Crippen LogP contribution in [0.2, 0.25) is 0 Å². The SMILES string of the molecule is CCOC(=O)c1cc(-c2ccccc2)c(-c2ccccc2)[nH]1. The molecule has 0 saturated heterocycles. The lowest BCUT2D eigenvalue weighted by atomic mass is 10.0. The predicted molar refractivity (Wildman–Crippen MR) is 87.6 cm³/mol. The monoisotopic (exact) mass is 291 g/mol. The Kier molecular flexibility index (Phi) is 4.05. The summed E-state index contributed by atoms with van der Waals surface area (Å²) in [4.78, 5) is 15.2. The van der Waals surface area contributed by atoms with E-state index in [9.17, 15) is 4.79 Å². The zero-order valence-corrected chi connectivity index (χ0v) is 12.4. The van der Waals surface area contributed by atoms with Crippen molar-refractivity contribution in [3.8, 4) is 22.4 Å². The van der Waals surface area contributed by atoms with Crippen molar-refractivity contribution in [3.63, 3.8) is 0 Å². The third-order valence-corrected chi connectivity index (χ3v) is 3.46. The number of aromatic amines is 1. The molecule has 0 bridgehead atoms. The van der Waals surface area contributed by atoms with Gasteiger partial charge in [-0.1, -0.05) is 60.7 Å². The molecule has 0 amide bonds. The fourth-order valence-corrected chi connectivity index (χ4v) is 2.45. The molecule has 3 heteroatoms. The van der Waals surface area contributed by atoms with Gasteiger partial charge < -0.3 is 9.72 Å². The van der Waals surface area contributed by atoms with Gasteiger partial charge in [0.15, 0.2) is 0 Å².